The molecule has 1 atom stereocenters. The molecule has 0 saturated carbocycles. The minimum atomic E-state index is -1.00. The van der Waals surface area contributed by atoms with Crippen LogP contribution in [0.4, 0.5) is 13.2 Å². The molecule has 0 heterocycles. The van der Waals surface area contributed by atoms with E-state index in [0.29, 0.717) is 0 Å². The smallest absolute Gasteiger partial charge is 0.134 e. The van der Waals surface area contributed by atoms with Gasteiger partial charge in [-0.25, -0.2) is 13.2 Å². The van der Waals surface area contributed by atoms with E-state index in [1.807, 2.05) is 0 Å². The second-order valence-electron chi connectivity index (χ2n) is 4.39. The lowest BCUT2D eigenvalue weighted by Crippen LogP contribution is -2.21. The van der Waals surface area contributed by atoms with Gasteiger partial charge in [-0.1, -0.05) is 11.6 Å². The SMILES string of the molecule is CNC(c1cc(Cl)ccc1F)c1c(F)cc(OC)cc1F. The standard InChI is InChI=1S/C15H13ClF3NO/c1-20-15(10-5-8(16)3-4-11(10)17)14-12(18)6-9(21-2)7-13(14)19/h3-7,15,20H,1-2H3. The number of methoxy groups -OCH3 is 1. The number of hydrogen-bond donors (Lipinski definition) is 1. The van der Waals surface area contributed by atoms with Crippen LogP contribution in [0.3, 0.4) is 0 Å². The third-order valence-electron chi connectivity index (χ3n) is 3.13. The molecule has 112 valence electrons. The van der Waals surface area contributed by atoms with E-state index in [-0.39, 0.29) is 21.9 Å². The third kappa shape index (κ3) is 3.14. The number of nitrogens with one attached hydrogen (secondary N) is 1. The molecule has 0 aromatic heterocycles. The summed E-state index contributed by atoms with van der Waals surface area (Å²) < 4.78 is 47.0. The molecule has 0 aliphatic rings. The van der Waals surface area contributed by atoms with Crippen LogP contribution in [0.1, 0.15) is 17.2 Å². The van der Waals surface area contributed by atoms with E-state index in [4.69, 9.17) is 16.3 Å². The molecule has 0 amide bonds. The van der Waals surface area contributed by atoms with E-state index in [1.165, 1.54) is 26.3 Å². The zero-order valence-electron chi connectivity index (χ0n) is 11.4. The molecule has 2 nitrogen and oxygen atoms in total. The van der Waals surface area contributed by atoms with Gasteiger partial charge in [0.2, 0.25) is 0 Å². The molecule has 1 unspecified atom stereocenters. The second kappa shape index (κ2) is 6.37. The van der Waals surface area contributed by atoms with Gasteiger partial charge in [-0.3, -0.25) is 0 Å². The van der Waals surface area contributed by atoms with Gasteiger partial charge in [0, 0.05) is 28.3 Å². The van der Waals surface area contributed by atoms with Crippen LogP contribution in [0.15, 0.2) is 30.3 Å². The van der Waals surface area contributed by atoms with E-state index in [1.54, 1.807) is 0 Å². The Bertz CT molecular complexity index is 640. The van der Waals surface area contributed by atoms with Crippen molar-refractivity contribution in [2.75, 3.05) is 14.2 Å². The molecular weight excluding hydrogens is 303 g/mol. The Morgan fingerprint density at radius 2 is 1.67 bits per heavy atom. The highest BCUT2D eigenvalue weighted by atomic mass is 35.5. The molecule has 2 aromatic carbocycles. The summed E-state index contributed by atoms with van der Waals surface area (Å²) in [5.41, 5.74) is -0.229. The van der Waals surface area contributed by atoms with Crippen LogP contribution < -0.4 is 10.1 Å². The van der Waals surface area contributed by atoms with Crippen molar-refractivity contribution in [2.45, 2.75) is 6.04 Å². The molecular formula is C15H13ClF3NO. The van der Waals surface area contributed by atoms with E-state index < -0.39 is 23.5 Å². The summed E-state index contributed by atoms with van der Waals surface area (Å²) in [5.74, 6) is -2.21. The molecule has 0 bridgehead atoms. The van der Waals surface area contributed by atoms with Crippen LogP contribution in [0, 0.1) is 17.5 Å². The van der Waals surface area contributed by atoms with Gasteiger partial charge in [0.25, 0.3) is 0 Å². The van der Waals surface area contributed by atoms with E-state index in [9.17, 15) is 13.2 Å². The molecule has 2 aromatic rings. The number of benzene rings is 2. The first-order valence-corrected chi connectivity index (χ1v) is 6.51. The molecule has 6 heteroatoms. The first-order valence-electron chi connectivity index (χ1n) is 6.13. The Labute approximate surface area is 125 Å². The quantitative estimate of drug-likeness (QED) is 0.918. The minimum absolute atomic E-state index is 0.0511. The van der Waals surface area contributed by atoms with Crippen molar-refractivity contribution >= 4 is 11.6 Å². The van der Waals surface area contributed by atoms with Crippen LogP contribution in [0.25, 0.3) is 0 Å². The van der Waals surface area contributed by atoms with Crippen molar-refractivity contribution in [2.24, 2.45) is 0 Å². The number of hydrogen-bond acceptors (Lipinski definition) is 2. The summed E-state index contributed by atoms with van der Waals surface area (Å²) in [6.07, 6.45) is 0. The zero-order valence-corrected chi connectivity index (χ0v) is 12.1. The summed E-state index contributed by atoms with van der Waals surface area (Å²) in [6.45, 7) is 0. The van der Waals surface area contributed by atoms with Crippen molar-refractivity contribution in [1.82, 2.24) is 5.32 Å². The molecule has 0 fully saturated rings. The Morgan fingerprint density at radius 3 is 2.19 bits per heavy atom. The third-order valence-corrected chi connectivity index (χ3v) is 3.37. The topological polar surface area (TPSA) is 21.3 Å². The van der Waals surface area contributed by atoms with Gasteiger partial charge in [-0.15, -0.1) is 0 Å². The molecule has 0 spiro atoms. The summed E-state index contributed by atoms with van der Waals surface area (Å²) in [5, 5.41) is 2.98. The van der Waals surface area contributed by atoms with E-state index in [0.717, 1.165) is 18.2 Å². The van der Waals surface area contributed by atoms with Crippen molar-refractivity contribution in [1.29, 1.82) is 0 Å². The molecule has 0 radical (unpaired) electrons. The van der Waals surface area contributed by atoms with Crippen molar-refractivity contribution < 1.29 is 17.9 Å². The lowest BCUT2D eigenvalue weighted by Gasteiger charge is -2.20. The van der Waals surface area contributed by atoms with Gasteiger partial charge in [0.15, 0.2) is 0 Å². The summed E-state index contributed by atoms with van der Waals surface area (Å²) in [4.78, 5) is 0. The average molecular weight is 316 g/mol. The molecule has 0 saturated heterocycles. The molecule has 21 heavy (non-hydrogen) atoms. The molecule has 1 N–H and O–H groups in total. The van der Waals surface area contributed by atoms with Crippen LogP contribution in [-0.2, 0) is 0 Å². The van der Waals surface area contributed by atoms with Crippen LogP contribution in [-0.4, -0.2) is 14.2 Å². The van der Waals surface area contributed by atoms with Crippen LogP contribution in [0.2, 0.25) is 5.02 Å². The minimum Gasteiger partial charge on any atom is -0.497 e. The van der Waals surface area contributed by atoms with Gasteiger partial charge < -0.3 is 10.1 Å². The lowest BCUT2D eigenvalue weighted by molar-refractivity contribution is 0.403. The predicted octanol–water partition coefficient (Wildman–Crippen LogP) is 4.07. The summed E-state index contributed by atoms with van der Waals surface area (Å²) >= 11 is 5.83. The predicted molar refractivity (Wildman–Crippen MR) is 75.2 cm³/mol. The second-order valence-corrected chi connectivity index (χ2v) is 4.83. The average Bonchev–Trinajstić information content (AvgIpc) is 2.45. The van der Waals surface area contributed by atoms with E-state index in [2.05, 4.69) is 5.32 Å². The molecule has 0 aliphatic heterocycles. The van der Waals surface area contributed by atoms with Gasteiger partial charge in [-0.2, -0.15) is 0 Å². The monoisotopic (exact) mass is 315 g/mol. The van der Waals surface area contributed by atoms with Gasteiger partial charge in [-0.05, 0) is 25.2 Å². The van der Waals surface area contributed by atoms with Crippen molar-refractivity contribution in [3.05, 3.63) is 63.9 Å². The maximum atomic E-state index is 14.1. The van der Waals surface area contributed by atoms with Gasteiger partial charge in [0.1, 0.15) is 23.2 Å². The maximum absolute atomic E-state index is 14.1. The van der Waals surface area contributed by atoms with E-state index >= 15 is 0 Å². The molecule has 0 aliphatic carbocycles. The Morgan fingerprint density at radius 1 is 1.05 bits per heavy atom. The number of rotatable bonds is 4. The van der Waals surface area contributed by atoms with Crippen molar-refractivity contribution in [3.8, 4) is 5.75 Å². The van der Waals surface area contributed by atoms with Gasteiger partial charge in [0.05, 0.1) is 13.2 Å². The number of ether oxygens (including phenoxy) is 1. The highest BCUT2D eigenvalue weighted by molar-refractivity contribution is 6.30. The first kappa shape index (κ1) is 15.7. The first-order chi connectivity index (χ1) is 9.97. The Hall–Kier alpha value is -1.72. The fraction of sp³-hybridized carbons (Fsp3) is 0.200. The zero-order chi connectivity index (χ0) is 15.6. The van der Waals surface area contributed by atoms with Gasteiger partial charge >= 0.3 is 0 Å². The normalized spacial score (nSPS) is 12.3. The van der Waals surface area contributed by atoms with Crippen molar-refractivity contribution in [3.63, 3.8) is 0 Å². The molecule has 2 rings (SSSR count). The highest BCUT2D eigenvalue weighted by Crippen LogP contribution is 2.32. The Balaban J connectivity index is 2.59. The highest BCUT2D eigenvalue weighted by Gasteiger charge is 2.24. The van der Waals surface area contributed by atoms with Crippen LogP contribution in [0.5, 0.6) is 5.75 Å². The number of halogens is 4. The maximum Gasteiger partial charge on any atom is 0.134 e. The fourth-order valence-electron chi connectivity index (χ4n) is 2.15. The van der Waals surface area contributed by atoms with Crippen LogP contribution >= 0.6 is 11.6 Å². The Kier molecular flexibility index (Phi) is 4.75. The summed E-state index contributed by atoms with van der Waals surface area (Å²) in [6, 6.07) is 4.95. The fourth-order valence-corrected chi connectivity index (χ4v) is 2.33. The lowest BCUT2D eigenvalue weighted by atomic mass is 9.97. The summed E-state index contributed by atoms with van der Waals surface area (Å²) in [7, 11) is 2.79. The largest absolute Gasteiger partial charge is 0.497 e.